The van der Waals surface area contributed by atoms with Gasteiger partial charge >= 0.3 is 0 Å². The van der Waals surface area contributed by atoms with E-state index in [0.29, 0.717) is 12.4 Å². The Labute approximate surface area is 287 Å². The van der Waals surface area contributed by atoms with Crippen molar-refractivity contribution in [3.8, 4) is 5.75 Å². The van der Waals surface area contributed by atoms with E-state index in [9.17, 15) is 18.0 Å². The number of rotatable bonds is 14. The summed E-state index contributed by atoms with van der Waals surface area (Å²) in [5.41, 5.74) is 0.558. The van der Waals surface area contributed by atoms with Crippen molar-refractivity contribution < 1.29 is 27.1 Å². The zero-order valence-electron chi connectivity index (χ0n) is 27.9. The first kappa shape index (κ1) is 36.5. The Morgan fingerprint density at radius 2 is 1.52 bits per heavy atom. The van der Waals surface area contributed by atoms with Crippen molar-refractivity contribution in [3.63, 3.8) is 0 Å². The minimum atomic E-state index is -4.29. The average Bonchev–Trinajstić information content (AvgIpc) is 3.06. The molecular weight excluding hydrogens is 650 g/mol. The summed E-state index contributed by atoms with van der Waals surface area (Å²) in [7, 11) is -4.29. The van der Waals surface area contributed by atoms with E-state index in [0.717, 1.165) is 14.8 Å². The van der Waals surface area contributed by atoms with E-state index in [1.54, 1.807) is 54.6 Å². The molecule has 0 saturated heterocycles. The van der Waals surface area contributed by atoms with Gasteiger partial charge in [0.25, 0.3) is 10.0 Å². The second kappa shape index (κ2) is 16.2. The van der Waals surface area contributed by atoms with Gasteiger partial charge < -0.3 is 15.0 Å². The average molecular weight is 692 g/mol. The van der Waals surface area contributed by atoms with Crippen LogP contribution in [0.25, 0.3) is 0 Å². The quantitative estimate of drug-likeness (QED) is 0.148. The van der Waals surface area contributed by atoms with Crippen molar-refractivity contribution in [1.29, 1.82) is 0 Å². The van der Waals surface area contributed by atoms with Crippen LogP contribution in [0.5, 0.6) is 5.75 Å². The molecule has 2 amide bonds. The molecule has 4 aromatic carbocycles. The number of ether oxygens (including phenoxy) is 1. The summed E-state index contributed by atoms with van der Waals surface area (Å²) in [6.07, 6.45) is 2.01. The number of benzene rings is 4. The molecule has 4 rings (SSSR count). The van der Waals surface area contributed by atoms with Gasteiger partial charge in [-0.25, -0.2) is 12.8 Å². The summed E-state index contributed by atoms with van der Waals surface area (Å²) < 4.78 is 50.3. The molecule has 254 valence electrons. The van der Waals surface area contributed by atoms with Crippen molar-refractivity contribution in [2.75, 3.05) is 23.7 Å². The number of sulfonamides is 1. The van der Waals surface area contributed by atoms with Gasteiger partial charge in [-0.05, 0) is 94.1 Å². The number of carbonyl (C=O) groups excluding carboxylic acids is 2. The number of nitrogens with zero attached hydrogens (tertiary/aromatic N) is 2. The van der Waals surface area contributed by atoms with Crippen LogP contribution in [0.3, 0.4) is 0 Å². The highest BCUT2D eigenvalue weighted by Gasteiger charge is 2.36. The highest BCUT2D eigenvalue weighted by Crippen LogP contribution is 2.28. The number of anilines is 1. The smallest absolute Gasteiger partial charge is 0.264 e. The highest BCUT2D eigenvalue weighted by atomic mass is 32.2. The van der Waals surface area contributed by atoms with Crippen LogP contribution < -0.4 is 14.4 Å². The van der Waals surface area contributed by atoms with Gasteiger partial charge in [0.05, 0.1) is 17.2 Å². The molecule has 0 radical (unpaired) electrons. The van der Waals surface area contributed by atoms with Crippen molar-refractivity contribution >= 4 is 39.3 Å². The molecule has 0 spiro atoms. The van der Waals surface area contributed by atoms with E-state index in [4.69, 9.17) is 4.74 Å². The summed E-state index contributed by atoms with van der Waals surface area (Å²) in [5, 5.41) is 2.97. The van der Waals surface area contributed by atoms with Crippen LogP contribution in [0.4, 0.5) is 10.1 Å². The molecule has 11 heteroatoms. The molecule has 4 aromatic rings. The van der Waals surface area contributed by atoms with Crippen LogP contribution in [-0.2, 0) is 32.6 Å². The van der Waals surface area contributed by atoms with E-state index in [2.05, 4.69) is 5.32 Å². The third-order valence-electron chi connectivity index (χ3n) is 7.43. The van der Waals surface area contributed by atoms with Crippen molar-refractivity contribution in [2.45, 2.75) is 62.0 Å². The van der Waals surface area contributed by atoms with Gasteiger partial charge in [-0.2, -0.15) is 0 Å². The largest absolute Gasteiger partial charge is 0.494 e. The Morgan fingerprint density at radius 1 is 0.896 bits per heavy atom. The van der Waals surface area contributed by atoms with Gasteiger partial charge in [-0.1, -0.05) is 48.5 Å². The molecule has 1 unspecified atom stereocenters. The monoisotopic (exact) mass is 691 g/mol. The third-order valence-corrected chi connectivity index (χ3v) is 9.96. The van der Waals surface area contributed by atoms with Crippen molar-refractivity contribution in [2.24, 2.45) is 0 Å². The Balaban J connectivity index is 1.83. The predicted octanol–water partition coefficient (Wildman–Crippen LogP) is 6.70. The molecule has 0 fully saturated rings. The van der Waals surface area contributed by atoms with Crippen molar-refractivity contribution in [3.05, 3.63) is 120 Å². The fourth-order valence-electron chi connectivity index (χ4n) is 5.10. The normalized spacial score (nSPS) is 12.2. The van der Waals surface area contributed by atoms with E-state index >= 15 is 4.39 Å². The fraction of sp³-hybridized carbons (Fsp3) is 0.297. The molecule has 8 nitrogen and oxygen atoms in total. The standard InChI is InChI=1S/C37H42FN3O5S2/c1-6-46-30-18-16-29(17-19-30)41(48(44,45)32-22-20-31(47-5)21-23-32)26-35(42)40(25-28-14-10-11-15-33(28)38)34(36(43)39-37(2,3)4)24-27-12-8-7-9-13-27/h7-23,34H,6,24-26H2,1-5H3,(H,39,43). The Hall–Kier alpha value is -4.35. The number of hydrogen-bond donors (Lipinski definition) is 1. The Kier molecular flexibility index (Phi) is 12.3. The van der Waals surface area contributed by atoms with E-state index in [1.165, 1.54) is 34.9 Å². The second-order valence-corrected chi connectivity index (χ2v) is 14.9. The zero-order valence-corrected chi connectivity index (χ0v) is 29.5. The maximum absolute atomic E-state index is 15.1. The van der Waals surface area contributed by atoms with Gasteiger partial charge in [0.1, 0.15) is 24.2 Å². The molecule has 0 aliphatic carbocycles. The first-order valence-corrected chi connectivity index (χ1v) is 18.3. The summed E-state index contributed by atoms with van der Waals surface area (Å²) in [6.45, 7) is 6.84. The predicted molar refractivity (Wildman–Crippen MR) is 189 cm³/mol. The van der Waals surface area contributed by atoms with Crippen LogP contribution in [0, 0.1) is 5.82 Å². The SMILES string of the molecule is CCOc1ccc(N(CC(=O)N(Cc2ccccc2F)C(Cc2ccccc2)C(=O)NC(C)(C)C)S(=O)(=O)c2ccc(SC)cc2)cc1. The van der Waals surface area contributed by atoms with Gasteiger partial charge in [0.2, 0.25) is 11.8 Å². The van der Waals surface area contributed by atoms with Crippen LogP contribution in [0.1, 0.15) is 38.8 Å². The molecule has 0 aromatic heterocycles. The maximum atomic E-state index is 15.1. The summed E-state index contributed by atoms with van der Waals surface area (Å²) in [5.74, 6) is -1.13. The van der Waals surface area contributed by atoms with E-state index in [1.807, 2.05) is 64.3 Å². The lowest BCUT2D eigenvalue weighted by Crippen LogP contribution is -2.56. The first-order valence-electron chi connectivity index (χ1n) is 15.6. The van der Waals surface area contributed by atoms with Gasteiger partial charge in [0, 0.05) is 29.0 Å². The van der Waals surface area contributed by atoms with Gasteiger partial charge in [0.15, 0.2) is 0 Å². The van der Waals surface area contributed by atoms with Crippen molar-refractivity contribution in [1.82, 2.24) is 10.2 Å². The van der Waals surface area contributed by atoms with E-state index < -0.39 is 45.8 Å². The lowest BCUT2D eigenvalue weighted by atomic mass is 10.0. The zero-order chi connectivity index (χ0) is 34.9. The summed E-state index contributed by atoms with van der Waals surface area (Å²) in [6, 6.07) is 26.9. The van der Waals surface area contributed by atoms with Gasteiger partial charge in [-0.15, -0.1) is 11.8 Å². The molecule has 0 aliphatic heterocycles. The Bertz CT molecular complexity index is 1780. The number of hydrogen-bond acceptors (Lipinski definition) is 6. The summed E-state index contributed by atoms with van der Waals surface area (Å²) >= 11 is 1.47. The van der Waals surface area contributed by atoms with Crippen LogP contribution in [0.15, 0.2) is 113 Å². The number of nitrogens with one attached hydrogen (secondary N) is 1. The molecule has 0 heterocycles. The fourth-order valence-corrected chi connectivity index (χ4v) is 6.92. The first-order chi connectivity index (χ1) is 22.8. The molecule has 0 aliphatic rings. The highest BCUT2D eigenvalue weighted by molar-refractivity contribution is 7.98. The van der Waals surface area contributed by atoms with E-state index in [-0.39, 0.29) is 29.1 Å². The minimum absolute atomic E-state index is 0.00560. The topological polar surface area (TPSA) is 96.0 Å². The number of halogens is 1. The number of thioether (sulfide) groups is 1. The lowest BCUT2D eigenvalue weighted by Gasteiger charge is -2.35. The molecule has 0 bridgehead atoms. The molecule has 1 atom stereocenters. The minimum Gasteiger partial charge on any atom is -0.494 e. The molecule has 1 N–H and O–H groups in total. The molecule has 48 heavy (non-hydrogen) atoms. The Morgan fingerprint density at radius 3 is 2.10 bits per heavy atom. The molecular formula is C37H42FN3O5S2. The third kappa shape index (κ3) is 9.60. The summed E-state index contributed by atoms with van der Waals surface area (Å²) in [4.78, 5) is 30.7. The second-order valence-electron chi connectivity index (χ2n) is 12.2. The van der Waals surface area contributed by atoms with Crippen LogP contribution >= 0.6 is 11.8 Å². The van der Waals surface area contributed by atoms with Crippen LogP contribution in [-0.4, -0.2) is 56.1 Å². The number of carbonyl (C=O) groups is 2. The lowest BCUT2D eigenvalue weighted by molar-refractivity contribution is -0.140. The van der Waals surface area contributed by atoms with Gasteiger partial charge in [-0.3, -0.25) is 13.9 Å². The number of amides is 2. The van der Waals surface area contributed by atoms with Crippen LogP contribution in [0.2, 0.25) is 0 Å². The molecule has 0 saturated carbocycles. The maximum Gasteiger partial charge on any atom is 0.264 e.